The second-order valence-corrected chi connectivity index (χ2v) is 5.49. The fourth-order valence-electron chi connectivity index (χ4n) is 2.08. The van der Waals surface area contributed by atoms with Crippen LogP contribution in [0, 0.1) is 5.82 Å². The van der Waals surface area contributed by atoms with Gasteiger partial charge in [0, 0.05) is 19.8 Å². The van der Waals surface area contributed by atoms with E-state index in [0.29, 0.717) is 22.7 Å². The number of halogens is 1. The van der Waals surface area contributed by atoms with E-state index in [-0.39, 0.29) is 11.7 Å². The number of thioether (sulfide) groups is 1. The number of rotatable bonds is 5. The molecule has 0 radical (unpaired) electrons. The molecule has 0 spiro atoms. The van der Waals surface area contributed by atoms with E-state index in [1.807, 2.05) is 6.26 Å². The van der Waals surface area contributed by atoms with E-state index in [4.69, 9.17) is 4.74 Å². The number of carbonyl (C=O) groups excluding carboxylic acids is 1. The molecule has 0 bridgehead atoms. The van der Waals surface area contributed by atoms with Crippen LogP contribution in [0.15, 0.2) is 41.6 Å². The molecule has 0 N–H and O–H groups in total. The lowest BCUT2D eigenvalue weighted by Crippen LogP contribution is -2.27. The van der Waals surface area contributed by atoms with Gasteiger partial charge in [0.15, 0.2) is 11.6 Å². The predicted octanol–water partition coefficient (Wildman–Crippen LogP) is 3.22. The average molecular weight is 320 g/mol. The number of benzene rings is 1. The summed E-state index contributed by atoms with van der Waals surface area (Å²) in [5.41, 5.74) is 1.25. The van der Waals surface area contributed by atoms with Crippen molar-refractivity contribution in [2.75, 3.05) is 20.4 Å². The monoisotopic (exact) mass is 320 g/mol. The quantitative estimate of drug-likeness (QED) is 0.793. The van der Waals surface area contributed by atoms with E-state index < -0.39 is 5.82 Å². The van der Waals surface area contributed by atoms with Gasteiger partial charge in [0.2, 0.25) is 0 Å². The highest BCUT2D eigenvalue weighted by atomic mass is 32.2. The first kappa shape index (κ1) is 16.3. The standard InChI is InChI=1S/C16H17FN2O2S/c1-19(10-11-6-7-14(21-2)13(17)9-11)16(20)12-5-4-8-18-15(12)22-3/h4-9H,10H2,1-3H3. The number of methoxy groups -OCH3 is 1. The van der Waals surface area contributed by atoms with Crippen LogP contribution >= 0.6 is 11.8 Å². The normalized spacial score (nSPS) is 10.4. The highest BCUT2D eigenvalue weighted by molar-refractivity contribution is 7.98. The summed E-state index contributed by atoms with van der Waals surface area (Å²) in [7, 11) is 3.10. The summed E-state index contributed by atoms with van der Waals surface area (Å²) in [5, 5.41) is 0.681. The van der Waals surface area contributed by atoms with Gasteiger partial charge in [-0.1, -0.05) is 6.07 Å². The van der Waals surface area contributed by atoms with Gasteiger partial charge in [0.05, 0.1) is 12.7 Å². The minimum Gasteiger partial charge on any atom is -0.494 e. The van der Waals surface area contributed by atoms with Gasteiger partial charge in [-0.05, 0) is 36.1 Å². The van der Waals surface area contributed by atoms with Crippen molar-refractivity contribution >= 4 is 17.7 Å². The molecule has 0 saturated carbocycles. The molecule has 6 heteroatoms. The Balaban J connectivity index is 2.16. The van der Waals surface area contributed by atoms with Crippen LogP contribution in [0.4, 0.5) is 4.39 Å². The molecule has 4 nitrogen and oxygen atoms in total. The Labute approximate surface area is 133 Å². The minimum atomic E-state index is -0.438. The molecule has 1 aromatic carbocycles. The summed E-state index contributed by atoms with van der Waals surface area (Å²) in [6.07, 6.45) is 3.53. The van der Waals surface area contributed by atoms with Gasteiger partial charge in [-0.3, -0.25) is 4.79 Å². The smallest absolute Gasteiger partial charge is 0.256 e. The van der Waals surface area contributed by atoms with Crippen LogP contribution in [0.3, 0.4) is 0 Å². The third-order valence-corrected chi connectivity index (χ3v) is 3.89. The van der Waals surface area contributed by atoms with Gasteiger partial charge in [-0.25, -0.2) is 9.37 Å². The van der Waals surface area contributed by atoms with Crippen molar-refractivity contribution in [1.82, 2.24) is 9.88 Å². The number of ether oxygens (including phenoxy) is 1. The molecule has 0 aliphatic carbocycles. The van der Waals surface area contributed by atoms with Crippen LogP contribution in [0.1, 0.15) is 15.9 Å². The Morgan fingerprint density at radius 1 is 1.41 bits per heavy atom. The third-order valence-electron chi connectivity index (χ3n) is 3.18. The van der Waals surface area contributed by atoms with Gasteiger partial charge in [-0.15, -0.1) is 11.8 Å². The van der Waals surface area contributed by atoms with Crippen LogP contribution in [0.25, 0.3) is 0 Å². The van der Waals surface area contributed by atoms with Gasteiger partial charge < -0.3 is 9.64 Å². The zero-order valence-corrected chi connectivity index (χ0v) is 13.5. The van der Waals surface area contributed by atoms with Crippen LogP contribution in [-0.2, 0) is 6.54 Å². The number of hydrogen-bond acceptors (Lipinski definition) is 4. The molecule has 2 aromatic rings. The fraction of sp³-hybridized carbons (Fsp3) is 0.250. The molecule has 1 heterocycles. The first-order valence-corrected chi connectivity index (χ1v) is 7.86. The summed E-state index contributed by atoms with van der Waals surface area (Å²) in [6.45, 7) is 0.308. The largest absolute Gasteiger partial charge is 0.494 e. The molecule has 0 saturated heterocycles. The number of carbonyl (C=O) groups is 1. The lowest BCUT2D eigenvalue weighted by atomic mass is 10.2. The Morgan fingerprint density at radius 2 is 2.18 bits per heavy atom. The minimum absolute atomic E-state index is 0.145. The maximum atomic E-state index is 13.7. The highest BCUT2D eigenvalue weighted by Crippen LogP contribution is 2.21. The summed E-state index contributed by atoms with van der Waals surface area (Å²) in [5.74, 6) is -0.393. The van der Waals surface area contributed by atoms with Crippen LogP contribution in [0.5, 0.6) is 5.75 Å². The Hall–Kier alpha value is -2.08. The average Bonchev–Trinajstić information content (AvgIpc) is 2.54. The Morgan fingerprint density at radius 3 is 2.82 bits per heavy atom. The van der Waals surface area contributed by atoms with Crippen molar-refractivity contribution in [2.45, 2.75) is 11.6 Å². The zero-order chi connectivity index (χ0) is 16.1. The molecule has 22 heavy (non-hydrogen) atoms. The van der Waals surface area contributed by atoms with Crippen molar-refractivity contribution in [3.63, 3.8) is 0 Å². The maximum Gasteiger partial charge on any atom is 0.256 e. The van der Waals surface area contributed by atoms with Crippen LogP contribution in [-0.4, -0.2) is 36.2 Å². The molecule has 0 atom stereocenters. The maximum absolute atomic E-state index is 13.7. The Bertz CT molecular complexity index is 679. The molecule has 0 unspecified atom stereocenters. The SMILES string of the molecule is COc1ccc(CN(C)C(=O)c2cccnc2SC)cc1F. The van der Waals surface area contributed by atoms with Crippen molar-refractivity contribution in [3.05, 3.63) is 53.5 Å². The van der Waals surface area contributed by atoms with Crippen molar-refractivity contribution in [1.29, 1.82) is 0 Å². The number of nitrogens with zero attached hydrogens (tertiary/aromatic N) is 2. The Kier molecular flexibility index (Phi) is 5.38. The topological polar surface area (TPSA) is 42.4 Å². The predicted molar refractivity (Wildman–Crippen MR) is 84.8 cm³/mol. The molecule has 1 aromatic heterocycles. The number of amides is 1. The summed E-state index contributed by atoms with van der Waals surface area (Å²) in [4.78, 5) is 18.2. The van der Waals surface area contributed by atoms with E-state index in [0.717, 1.165) is 0 Å². The van der Waals surface area contributed by atoms with Gasteiger partial charge in [0.25, 0.3) is 5.91 Å². The van der Waals surface area contributed by atoms with Gasteiger partial charge in [-0.2, -0.15) is 0 Å². The van der Waals surface area contributed by atoms with Crippen molar-refractivity contribution in [3.8, 4) is 5.75 Å². The lowest BCUT2D eigenvalue weighted by Gasteiger charge is -2.18. The van der Waals surface area contributed by atoms with Gasteiger partial charge in [0.1, 0.15) is 5.03 Å². The molecule has 0 fully saturated rings. The van der Waals surface area contributed by atoms with E-state index in [1.54, 1.807) is 37.5 Å². The fourth-order valence-corrected chi connectivity index (χ4v) is 2.62. The number of aromatic nitrogens is 1. The third kappa shape index (κ3) is 3.57. The summed E-state index contributed by atoms with van der Waals surface area (Å²) >= 11 is 1.42. The molecular formula is C16H17FN2O2S. The first-order chi connectivity index (χ1) is 10.6. The molecule has 1 amide bonds. The molecule has 0 aliphatic rings. The zero-order valence-electron chi connectivity index (χ0n) is 12.7. The summed E-state index contributed by atoms with van der Waals surface area (Å²) in [6, 6.07) is 8.15. The van der Waals surface area contributed by atoms with E-state index in [1.165, 1.54) is 29.8 Å². The summed E-state index contributed by atoms with van der Waals surface area (Å²) < 4.78 is 18.6. The molecular weight excluding hydrogens is 303 g/mol. The van der Waals surface area contributed by atoms with Gasteiger partial charge >= 0.3 is 0 Å². The van der Waals surface area contributed by atoms with Crippen molar-refractivity contribution < 1.29 is 13.9 Å². The van der Waals surface area contributed by atoms with Crippen LogP contribution in [0.2, 0.25) is 0 Å². The number of hydrogen-bond donors (Lipinski definition) is 0. The molecule has 2 rings (SSSR count). The van der Waals surface area contributed by atoms with E-state index in [9.17, 15) is 9.18 Å². The molecule has 116 valence electrons. The second kappa shape index (κ2) is 7.26. The van der Waals surface area contributed by atoms with E-state index in [2.05, 4.69) is 4.98 Å². The number of pyridine rings is 1. The molecule has 0 aliphatic heterocycles. The van der Waals surface area contributed by atoms with Crippen LogP contribution < -0.4 is 4.74 Å². The van der Waals surface area contributed by atoms with E-state index >= 15 is 0 Å². The van der Waals surface area contributed by atoms with Crippen molar-refractivity contribution in [2.24, 2.45) is 0 Å². The highest BCUT2D eigenvalue weighted by Gasteiger charge is 2.17. The lowest BCUT2D eigenvalue weighted by molar-refractivity contribution is 0.0780. The second-order valence-electron chi connectivity index (χ2n) is 4.69. The first-order valence-electron chi connectivity index (χ1n) is 6.63.